The van der Waals surface area contributed by atoms with Gasteiger partial charge in [0.15, 0.2) is 0 Å². The second-order valence-electron chi connectivity index (χ2n) is 4.68. The lowest BCUT2D eigenvalue weighted by Crippen LogP contribution is -2.51. The maximum absolute atomic E-state index is 11.3. The molecule has 18 heavy (non-hydrogen) atoms. The van der Waals surface area contributed by atoms with Gasteiger partial charge in [0.1, 0.15) is 0 Å². The second-order valence-corrected chi connectivity index (χ2v) is 5.78. The first kappa shape index (κ1) is 15.1. The van der Waals surface area contributed by atoms with Crippen molar-refractivity contribution < 1.29 is 4.79 Å². The number of primary amides is 1. The smallest absolute Gasteiger partial charge is 0.237 e. The van der Waals surface area contributed by atoms with Crippen LogP contribution < -0.4 is 11.1 Å². The lowest BCUT2D eigenvalue weighted by molar-refractivity contribution is -0.123. The van der Waals surface area contributed by atoms with Crippen LogP contribution in [0.3, 0.4) is 0 Å². The van der Waals surface area contributed by atoms with Crippen molar-refractivity contribution in [3.8, 4) is 0 Å². The lowest BCUT2D eigenvalue weighted by atomic mass is 9.99. The van der Waals surface area contributed by atoms with Crippen molar-refractivity contribution in [3.63, 3.8) is 0 Å². The number of hydrogen-bond donors (Lipinski definition) is 2. The summed E-state index contributed by atoms with van der Waals surface area (Å²) in [6.07, 6.45) is 0.745. The maximum atomic E-state index is 11.3. The molecule has 0 spiro atoms. The summed E-state index contributed by atoms with van der Waals surface area (Å²) in [6.45, 7) is 3.97. The summed E-state index contributed by atoms with van der Waals surface area (Å²) in [5.74, 6) is 1.60. The van der Waals surface area contributed by atoms with Gasteiger partial charge in [0.25, 0.3) is 0 Å². The first-order chi connectivity index (χ1) is 8.49. The van der Waals surface area contributed by atoms with Gasteiger partial charge in [-0.2, -0.15) is 11.8 Å². The molecule has 1 aromatic carbocycles. The van der Waals surface area contributed by atoms with Crippen LogP contribution in [0.15, 0.2) is 24.3 Å². The quantitative estimate of drug-likeness (QED) is 0.743. The molecule has 1 rings (SSSR count). The van der Waals surface area contributed by atoms with Crippen LogP contribution in [-0.4, -0.2) is 24.2 Å². The topological polar surface area (TPSA) is 55.1 Å². The first-order valence-corrected chi connectivity index (χ1v) is 7.26. The SMILES string of the molecule is CNC(C)(CCSCc1ccccc1C)C(N)=O. The van der Waals surface area contributed by atoms with Gasteiger partial charge < -0.3 is 11.1 Å². The van der Waals surface area contributed by atoms with Crippen molar-refractivity contribution in [2.75, 3.05) is 12.8 Å². The highest BCUT2D eigenvalue weighted by molar-refractivity contribution is 7.98. The van der Waals surface area contributed by atoms with Gasteiger partial charge in [0.2, 0.25) is 5.91 Å². The van der Waals surface area contributed by atoms with Crippen LogP contribution in [0.25, 0.3) is 0 Å². The van der Waals surface area contributed by atoms with Gasteiger partial charge in [-0.15, -0.1) is 0 Å². The van der Waals surface area contributed by atoms with Crippen LogP contribution in [0.4, 0.5) is 0 Å². The number of aryl methyl sites for hydroxylation is 1. The summed E-state index contributed by atoms with van der Waals surface area (Å²) in [6, 6.07) is 8.38. The maximum Gasteiger partial charge on any atom is 0.237 e. The molecule has 0 fully saturated rings. The van der Waals surface area contributed by atoms with E-state index in [1.165, 1.54) is 11.1 Å². The van der Waals surface area contributed by atoms with Crippen molar-refractivity contribution >= 4 is 17.7 Å². The molecular weight excluding hydrogens is 244 g/mol. The third-order valence-electron chi connectivity index (χ3n) is 3.36. The van der Waals surface area contributed by atoms with Gasteiger partial charge in [0.05, 0.1) is 5.54 Å². The van der Waals surface area contributed by atoms with E-state index in [0.29, 0.717) is 0 Å². The molecule has 0 saturated carbocycles. The summed E-state index contributed by atoms with van der Waals surface area (Å²) in [7, 11) is 1.77. The van der Waals surface area contributed by atoms with Crippen LogP contribution in [0, 0.1) is 6.92 Å². The molecule has 0 aliphatic carbocycles. The van der Waals surface area contributed by atoms with Gasteiger partial charge in [-0.25, -0.2) is 0 Å². The molecule has 1 unspecified atom stereocenters. The molecule has 3 nitrogen and oxygen atoms in total. The second kappa shape index (κ2) is 6.81. The van der Waals surface area contributed by atoms with E-state index in [9.17, 15) is 4.79 Å². The number of hydrogen-bond acceptors (Lipinski definition) is 3. The van der Waals surface area contributed by atoms with E-state index in [1.807, 2.05) is 18.7 Å². The molecule has 100 valence electrons. The minimum Gasteiger partial charge on any atom is -0.368 e. The Balaban J connectivity index is 2.39. The Bertz CT molecular complexity index is 409. The monoisotopic (exact) mass is 266 g/mol. The average Bonchev–Trinajstić information content (AvgIpc) is 2.36. The molecule has 4 heteroatoms. The number of nitrogens with two attached hydrogens (primary N) is 1. The third-order valence-corrected chi connectivity index (χ3v) is 4.37. The number of thioether (sulfide) groups is 1. The van der Waals surface area contributed by atoms with Gasteiger partial charge in [-0.3, -0.25) is 4.79 Å². The summed E-state index contributed by atoms with van der Waals surface area (Å²) in [5.41, 5.74) is 7.46. The Labute approximate surface area is 114 Å². The number of amides is 1. The largest absolute Gasteiger partial charge is 0.368 e. The molecule has 0 aromatic heterocycles. The zero-order valence-corrected chi connectivity index (χ0v) is 12.1. The van der Waals surface area contributed by atoms with Crippen molar-refractivity contribution in [3.05, 3.63) is 35.4 Å². The van der Waals surface area contributed by atoms with Crippen molar-refractivity contribution in [2.45, 2.75) is 31.6 Å². The van der Waals surface area contributed by atoms with Crippen LogP contribution >= 0.6 is 11.8 Å². The Morgan fingerprint density at radius 3 is 2.67 bits per heavy atom. The van der Waals surface area contributed by atoms with E-state index in [-0.39, 0.29) is 5.91 Å². The highest BCUT2D eigenvalue weighted by Crippen LogP contribution is 2.19. The predicted octanol–water partition coefficient (Wildman–Crippen LogP) is 2.08. The third kappa shape index (κ3) is 4.03. The van der Waals surface area contributed by atoms with Crippen molar-refractivity contribution in [2.24, 2.45) is 5.73 Å². The number of nitrogens with one attached hydrogen (secondary N) is 1. The summed E-state index contributed by atoms with van der Waals surface area (Å²) in [5, 5.41) is 3.00. The molecule has 3 N–H and O–H groups in total. The Morgan fingerprint density at radius 2 is 2.11 bits per heavy atom. The zero-order chi connectivity index (χ0) is 13.6. The molecule has 0 heterocycles. The molecule has 0 radical (unpaired) electrons. The summed E-state index contributed by atoms with van der Waals surface area (Å²) < 4.78 is 0. The summed E-state index contributed by atoms with van der Waals surface area (Å²) in [4.78, 5) is 11.3. The van der Waals surface area contributed by atoms with E-state index < -0.39 is 5.54 Å². The first-order valence-electron chi connectivity index (χ1n) is 6.10. The van der Waals surface area contributed by atoms with Gasteiger partial charge in [0, 0.05) is 5.75 Å². The Kier molecular flexibility index (Phi) is 5.69. The Hall–Kier alpha value is -1.00. The van der Waals surface area contributed by atoms with E-state index in [1.54, 1.807) is 7.05 Å². The van der Waals surface area contributed by atoms with Crippen molar-refractivity contribution in [1.29, 1.82) is 0 Å². The minimum absolute atomic E-state index is 0.290. The van der Waals surface area contributed by atoms with Crippen LogP contribution in [0.5, 0.6) is 0 Å². The normalized spacial score (nSPS) is 14.2. The van der Waals surface area contributed by atoms with E-state index in [0.717, 1.165) is 17.9 Å². The molecule has 1 atom stereocenters. The van der Waals surface area contributed by atoms with Gasteiger partial charge >= 0.3 is 0 Å². The molecular formula is C14H22N2OS. The highest BCUT2D eigenvalue weighted by atomic mass is 32.2. The van der Waals surface area contributed by atoms with Crippen LogP contribution in [0.2, 0.25) is 0 Å². The number of carbonyl (C=O) groups excluding carboxylic acids is 1. The predicted molar refractivity (Wildman–Crippen MR) is 78.6 cm³/mol. The molecule has 1 amide bonds. The van der Waals surface area contributed by atoms with E-state index in [4.69, 9.17) is 5.73 Å². The number of rotatable bonds is 7. The number of benzene rings is 1. The lowest BCUT2D eigenvalue weighted by Gasteiger charge is -2.25. The minimum atomic E-state index is -0.598. The Morgan fingerprint density at radius 1 is 1.44 bits per heavy atom. The van der Waals surface area contributed by atoms with Crippen molar-refractivity contribution in [1.82, 2.24) is 5.32 Å². The van der Waals surface area contributed by atoms with E-state index in [2.05, 4.69) is 36.5 Å². The van der Waals surface area contributed by atoms with Crippen LogP contribution in [0.1, 0.15) is 24.5 Å². The van der Waals surface area contributed by atoms with Crippen LogP contribution in [-0.2, 0) is 10.5 Å². The van der Waals surface area contributed by atoms with Gasteiger partial charge in [-0.1, -0.05) is 24.3 Å². The number of carbonyl (C=O) groups is 1. The van der Waals surface area contributed by atoms with Gasteiger partial charge in [-0.05, 0) is 44.2 Å². The fourth-order valence-electron chi connectivity index (χ4n) is 1.60. The molecule has 0 aliphatic rings. The average molecular weight is 266 g/mol. The molecule has 1 aromatic rings. The fraction of sp³-hybridized carbons (Fsp3) is 0.500. The molecule has 0 aliphatic heterocycles. The highest BCUT2D eigenvalue weighted by Gasteiger charge is 2.28. The zero-order valence-electron chi connectivity index (χ0n) is 11.3. The fourth-order valence-corrected chi connectivity index (χ4v) is 2.84. The number of likely N-dealkylation sites (N-methyl/N-ethyl adjacent to an activating group) is 1. The molecule has 0 saturated heterocycles. The van der Waals surface area contributed by atoms with E-state index >= 15 is 0 Å². The summed E-state index contributed by atoms with van der Waals surface area (Å²) >= 11 is 1.83. The molecule has 0 bridgehead atoms. The standard InChI is InChI=1S/C14H22N2OS/c1-11-6-4-5-7-12(11)10-18-9-8-14(2,16-3)13(15)17/h4-7,16H,8-10H2,1-3H3,(H2,15,17).